The van der Waals surface area contributed by atoms with Gasteiger partial charge in [0.2, 0.25) is 5.91 Å². The van der Waals surface area contributed by atoms with Gasteiger partial charge in [-0.3, -0.25) is 9.69 Å². The molecule has 5 nitrogen and oxygen atoms in total. The number of nitrogens with two attached hydrogens (primary N) is 1. The van der Waals surface area contributed by atoms with Gasteiger partial charge in [0, 0.05) is 17.9 Å². The lowest BCUT2D eigenvalue weighted by Gasteiger charge is -2.28. The van der Waals surface area contributed by atoms with Crippen LogP contribution in [0.15, 0.2) is 18.2 Å². The molecule has 116 valence electrons. The van der Waals surface area contributed by atoms with Gasteiger partial charge in [-0.15, -0.1) is 0 Å². The van der Waals surface area contributed by atoms with Crippen LogP contribution in [0.25, 0.3) is 0 Å². The predicted octanol–water partition coefficient (Wildman–Crippen LogP) is 1.75. The first-order valence-corrected chi connectivity index (χ1v) is 7.45. The molecule has 1 fully saturated rings. The van der Waals surface area contributed by atoms with Crippen LogP contribution in [0.1, 0.15) is 31.2 Å². The van der Waals surface area contributed by atoms with E-state index in [2.05, 4.69) is 5.32 Å². The van der Waals surface area contributed by atoms with Gasteiger partial charge in [-0.05, 0) is 44.5 Å². The largest absolute Gasteiger partial charge is 0.398 e. The van der Waals surface area contributed by atoms with E-state index in [0.717, 1.165) is 36.9 Å². The highest BCUT2D eigenvalue weighted by molar-refractivity contribution is 5.93. The molecule has 1 saturated carbocycles. The van der Waals surface area contributed by atoms with E-state index in [0.29, 0.717) is 12.2 Å². The Morgan fingerprint density at radius 2 is 2.10 bits per heavy atom. The molecular weight excluding hydrogens is 266 g/mol. The number of likely N-dealkylation sites (N-methyl/N-ethyl adjacent to an activating group) is 1. The van der Waals surface area contributed by atoms with Crippen molar-refractivity contribution < 1.29 is 9.90 Å². The van der Waals surface area contributed by atoms with Gasteiger partial charge in [-0.1, -0.05) is 18.9 Å². The minimum atomic E-state index is -0.623. The Balaban J connectivity index is 1.88. The number of rotatable bonds is 5. The Kier molecular flexibility index (Phi) is 4.85. The zero-order valence-electron chi connectivity index (χ0n) is 12.9. The third-order valence-electron chi connectivity index (χ3n) is 4.16. The van der Waals surface area contributed by atoms with E-state index in [1.165, 1.54) is 0 Å². The van der Waals surface area contributed by atoms with Gasteiger partial charge in [0.1, 0.15) is 0 Å². The Morgan fingerprint density at radius 3 is 2.76 bits per heavy atom. The van der Waals surface area contributed by atoms with Gasteiger partial charge < -0.3 is 16.2 Å². The average Bonchev–Trinajstić information content (AvgIpc) is 2.81. The lowest BCUT2D eigenvalue weighted by Crippen LogP contribution is -2.42. The van der Waals surface area contributed by atoms with Crippen molar-refractivity contribution >= 4 is 17.3 Å². The molecule has 1 amide bonds. The fourth-order valence-corrected chi connectivity index (χ4v) is 2.97. The van der Waals surface area contributed by atoms with E-state index >= 15 is 0 Å². The van der Waals surface area contributed by atoms with Crippen LogP contribution in [0.4, 0.5) is 11.4 Å². The van der Waals surface area contributed by atoms with Crippen molar-refractivity contribution in [3.05, 3.63) is 23.8 Å². The number of carbonyl (C=O) groups is 1. The van der Waals surface area contributed by atoms with Crippen molar-refractivity contribution in [2.45, 2.75) is 38.2 Å². The topological polar surface area (TPSA) is 78.6 Å². The number of hydrogen-bond acceptors (Lipinski definition) is 4. The summed E-state index contributed by atoms with van der Waals surface area (Å²) in [6.07, 6.45) is 3.79. The number of nitrogen functional groups attached to an aromatic ring is 1. The summed E-state index contributed by atoms with van der Waals surface area (Å²) in [5, 5.41) is 13.2. The molecule has 5 heteroatoms. The fraction of sp³-hybridized carbons (Fsp3) is 0.562. The van der Waals surface area contributed by atoms with Crippen molar-refractivity contribution in [2.24, 2.45) is 0 Å². The SMILES string of the molecule is Cc1c(N)cccc1NC(=O)CN(C)CC1(O)CCCC1. The zero-order valence-corrected chi connectivity index (χ0v) is 12.9. The molecule has 1 aliphatic rings. The van der Waals surface area contributed by atoms with Crippen LogP contribution in [0.5, 0.6) is 0 Å². The van der Waals surface area contributed by atoms with Crippen LogP contribution in [0, 0.1) is 6.92 Å². The summed E-state index contributed by atoms with van der Waals surface area (Å²) >= 11 is 0. The van der Waals surface area contributed by atoms with Crippen molar-refractivity contribution in [2.75, 3.05) is 31.2 Å². The van der Waals surface area contributed by atoms with Crippen LogP contribution in [-0.2, 0) is 4.79 Å². The third kappa shape index (κ3) is 4.19. The smallest absolute Gasteiger partial charge is 0.238 e. The van der Waals surface area contributed by atoms with Gasteiger partial charge in [-0.25, -0.2) is 0 Å². The highest BCUT2D eigenvalue weighted by Gasteiger charge is 2.32. The van der Waals surface area contributed by atoms with Crippen LogP contribution >= 0.6 is 0 Å². The van der Waals surface area contributed by atoms with E-state index in [1.54, 1.807) is 0 Å². The first kappa shape index (κ1) is 15.8. The minimum absolute atomic E-state index is 0.0900. The van der Waals surface area contributed by atoms with E-state index < -0.39 is 5.60 Å². The molecule has 1 aromatic rings. The first-order valence-electron chi connectivity index (χ1n) is 7.45. The number of anilines is 2. The number of aliphatic hydroxyl groups is 1. The molecule has 0 unspecified atom stereocenters. The molecule has 2 rings (SSSR count). The number of benzene rings is 1. The van der Waals surface area contributed by atoms with E-state index in [1.807, 2.05) is 37.1 Å². The normalized spacial score (nSPS) is 17.1. The van der Waals surface area contributed by atoms with Gasteiger partial charge in [0.05, 0.1) is 12.1 Å². The first-order chi connectivity index (χ1) is 9.89. The van der Waals surface area contributed by atoms with Gasteiger partial charge in [0.25, 0.3) is 0 Å². The molecule has 0 radical (unpaired) electrons. The average molecular weight is 291 g/mol. The van der Waals surface area contributed by atoms with Crippen molar-refractivity contribution in [1.82, 2.24) is 4.90 Å². The lowest BCUT2D eigenvalue weighted by atomic mass is 10.0. The minimum Gasteiger partial charge on any atom is -0.398 e. The molecule has 1 aromatic carbocycles. The maximum absolute atomic E-state index is 12.1. The van der Waals surface area contributed by atoms with Crippen LogP contribution in [0.2, 0.25) is 0 Å². The van der Waals surface area contributed by atoms with Crippen LogP contribution in [0.3, 0.4) is 0 Å². The summed E-state index contributed by atoms with van der Waals surface area (Å²) in [5.74, 6) is -0.0900. The van der Waals surface area contributed by atoms with Gasteiger partial charge >= 0.3 is 0 Å². The van der Waals surface area contributed by atoms with E-state index in [4.69, 9.17) is 5.73 Å². The number of carbonyl (C=O) groups excluding carboxylic acids is 1. The Hall–Kier alpha value is -1.59. The molecule has 21 heavy (non-hydrogen) atoms. The Bertz CT molecular complexity index is 510. The standard InChI is InChI=1S/C16H25N3O2/c1-12-13(17)6-5-7-14(12)18-15(20)10-19(2)11-16(21)8-3-4-9-16/h5-7,21H,3-4,8-11,17H2,1-2H3,(H,18,20). The second kappa shape index (κ2) is 6.45. The molecule has 0 spiro atoms. The molecule has 0 saturated heterocycles. The summed E-state index contributed by atoms with van der Waals surface area (Å²) in [6, 6.07) is 5.48. The van der Waals surface area contributed by atoms with Gasteiger partial charge in [-0.2, -0.15) is 0 Å². The van der Waals surface area contributed by atoms with Crippen molar-refractivity contribution in [3.63, 3.8) is 0 Å². The molecule has 4 N–H and O–H groups in total. The molecule has 1 aliphatic carbocycles. The summed E-state index contributed by atoms with van der Waals surface area (Å²) in [5.41, 5.74) is 7.50. The molecule has 0 heterocycles. The second-order valence-corrected chi connectivity index (χ2v) is 6.17. The molecule has 0 atom stereocenters. The number of hydrogen-bond donors (Lipinski definition) is 3. The summed E-state index contributed by atoms with van der Waals surface area (Å²) in [4.78, 5) is 14.0. The van der Waals surface area contributed by atoms with Crippen LogP contribution in [-0.4, -0.2) is 41.7 Å². The van der Waals surface area contributed by atoms with E-state index in [-0.39, 0.29) is 12.5 Å². The zero-order chi connectivity index (χ0) is 15.5. The second-order valence-electron chi connectivity index (χ2n) is 6.17. The van der Waals surface area contributed by atoms with Crippen molar-refractivity contribution in [3.8, 4) is 0 Å². The van der Waals surface area contributed by atoms with Crippen LogP contribution < -0.4 is 11.1 Å². The maximum atomic E-state index is 12.1. The summed E-state index contributed by atoms with van der Waals surface area (Å²) < 4.78 is 0. The van der Waals surface area contributed by atoms with E-state index in [9.17, 15) is 9.90 Å². The molecule has 0 aromatic heterocycles. The van der Waals surface area contributed by atoms with Gasteiger partial charge in [0.15, 0.2) is 0 Å². The fourth-order valence-electron chi connectivity index (χ4n) is 2.97. The van der Waals surface area contributed by atoms with Crippen molar-refractivity contribution in [1.29, 1.82) is 0 Å². The molecule has 0 aliphatic heterocycles. The maximum Gasteiger partial charge on any atom is 0.238 e. The summed E-state index contributed by atoms with van der Waals surface area (Å²) in [6.45, 7) is 2.68. The Morgan fingerprint density at radius 1 is 1.43 bits per heavy atom. The highest BCUT2D eigenvalue weighted by atomic mass is 16.3. The molecular formula is C16H25N3O2. The highest BCUT2D eigenvalue weighted by Crippen LogP contribution is 2.29. The monoisotopic (exact) mass is 291 g/mol. The Labute approximate surface area is 126 Å². The molecule has 0 bridgehead atoms. The third-order valence-corrected chi connectivity index (χ3v) is 4.16. The number of amides is 1. The lowest BCUT2D eigenvalue weighted by molar-refractivity contribution is -0.117. The summed E-state index contributed by atoms with van der Waals surface area (Å²) in [7, 11) is 1.86. The predicted molar refractivity (Wildman–Crippen MR) is 85.1 cm³/mol. The quantitative estimate of drug-likeness (QED) is 0.722. The number of nitrogens with zero attached hydrogens (tertiary/aromatic N) is 1. The number of nitrogens with one attached hydrogen (secondary N) is 1.